The number of phenols is 2. The summed E-state index contributed by atoms with van der Waals surface area (Å²) in [6, 6.07) is 0. The molecule has 1 aromatic rings. The Hall–Kier alpha value is -1.58. The number of methoxy groups -OCH3 is 2. The summed E-state index contributed by atoms with van der Waals surface area (Å²) in [6.45, 7) is 22.8. The van der Waals surface area contributed by atoms with Crippen LogP contribution in [0.3, 0.4) is 0 Å². The smallest absolute Gasteiger partial charge is 0.207 e. The third-order valence-corrected chi connectivity index (χ3v) is 11.3. The molecule has 4 nitrogen and oxygen atoms in total. The largest absolute Gasteiger partial charge is 0.504 e. The van der Waals surface area contributed by atoms with Crippen LogP contribution in [0.4, 0.5) is 0 Å². The van der Waals surface area contributed by atoms with E-state index in [0.717, 1.165) is 24.7 Å². The highest BCUT2D eigenvalue weighted by Gasteiger charge is 2.21. The van der Waals surface area contributed by atoms with Crippen molar-refractivity contribution in [2.75, 3.05) is 14.2 Å². The fourth-order valence-corrected chi connectivity index (χ4v) is 7.17. The van der Waals surface area contributed by atoms with Gasteiger partial charge in [-0.2, -0.15) is 92.3 Å². The molecule has 312 valence electrons. The van der Waals surface area contributed by atoms with Crippen molar-refractivity contribution in [2.24, 2.45) is 47.3 Å². The molecule has 0 saturated heterocycles. The molecule has 0 aliphatic heterocycles. The average Bonchev–Trinajstić information content (AvgIpc) is 3.09. The number of ether oxygens (including phenoxy) is 2. The number of rotatable bonds is 33. The van der Waals surface area contributed by atoms with E-state index < -0.39 is 0 Å². The van der Waals surface area contributed by atoms with Crippen molar-refractivity contribution in [3.05, 3.63) is 62.5 Å². The molecule has 0 heterocycles. The minimum Gasteiger partial charge on any atom is -0.504 e. The fraction of sp³-hybridized carbons (Fsp3) is 0.714. The Morgan fingerprint density at radius 2 is 0.679 bits per heavy atom. The first kappa shape index (κ1) is 49.4. The van der Waals surface area contributed by atoms with Crippen LogP contribution in [0.5, 0.6) is 23.0 Å². The van der Waals surface area contributed by atoms with Crippen molar-refractivity contribution >= 4 is 0 Å². The number of benzene rings is 1. The molecule has 7 atom stereocenters. The monoisotopic (exact) mass is 737 g/mol. The Morgan fingerprint density at radius 3 is 0.962 bits per heavy atom. The third kappa shape index (κ3) is 21.9. The summed E-state index contributed by atoms with van der Waals surface area (Å²) >= 11 is 0. The molecule has 53 heavy (non-hydrogen) atoms. The standard InChI is InChI=1S/C49H84O4/c1-36(2)20-13-21-37(3)22-14-23-38(4)24-15-25-39(5)26-16-27-40(6)28-17-29-41(7)30-18-31-42(8)32-19-33-43(9)34-35-45-44(10)46(50)48(52-11)49(53-12)47(45)51/h20,22,24,26,28,30,32,34,36-43,50-51H,13-19,21,23,25,27,29,31,33,35H2,1-12H3/q-8/t37-,38-,39-,40+,41+,42+,43-/m1/s1. The fourth-order valence-electron chi connectivity index (χ4n) is 7.17. The Kier molecular flexibility index (Phi) is 26.8. The summed E-state index contributed by atoms with van der Waals surface area (Å²) < 4.78 is 10.6. The van der Waals surface area contributed by atoms with Gasteiger partial charge in [-0.1, -0.05) is 62.3 Å². The van der Waals surface area contributed by atoms with Gasteiger partial charge in [0.15, 0.2) is 11.5 Å². The van der Waals surface area contributed by atoms with E-state index in [4.69, 9.17) is 9.47 Å². The second-order valence-electron chi connectivity index (χ2n) is 17.1. The highest BCUT2D eigenvalue weighted by Crippen LogP contribution is 2.48. The lowest BCUT2D eigenvalue weighted by Gasteiger charge is -2.32. The van der Waals surface area contributed by atoms with Gasteiger partial charge in [-0.3, -0.25) is 0 Å². The van der Waals surface area contributed by atoms with E-state index >= 15 is 0 Å². The predicted octanol–water partition coefficient (Wildman–Crippen LogP) is 14.2. The number of hydrogen-bond donors (Lipinski definition) is 2. The van der Waals surface area contributed by atoms with Crippen molar-refractivity contribution in [1.29, 1.82) is 0 Å². The van der Waals surface area contributed by atoms with Crippen LogP contribution in [0.2, 0.25) is 0 Å². The van der Waals surface area contributed by atoms with Crippen molar-refractivity contribution in [2.45, 2.75) is 166 Å². The lowest BCUT2D eigenvalue weighted by molar-refractivity contribution is 0.313. The zero-order chi connectivity index (χ0) is 39.8. The Bertz CT molecular complexity index is 1050. The second kappa shape index (κ2) is 28.8. The minimum absolute atomic E-state index is 0.0238. The Labute approximate surface area is 331 Å². The normalized spacial score (nSPS) is 15.9. The highest BCUT2D eigenvalue weighted by atomic mass is 16.5. The second-order valence-corrected chi connectivity index (χ2v) is 17.1. The third-order valence-electron chi connectivity index (χ3n) is 11.3. The van der Waals surface area contributed by atoms with Gasteiger partial charge in [0.25, 0.3) is 0 Å². The van der Waals surface area contributed by atoms with Crippen LogP contribution in [-0.4, -0.2) is 24.4 Å². The average molecular weight is 737 g/mol. The van der Waals surface area contributed by atoms with Crippen LogP contribution in [0.1, 0.15) is 163 Å². The topological polar surface area (TPSA) is 58.9 Å². The quantitative estimate of drug-likeness (QED) is 0.0557. The molecule has 1 aromatic carbocycles. The van der Waals surface area contributed by atoms with Gasteiger partial charge in [-0.25, -0.2) is 0 Å². The summed E-state index contributed by atoms with van der Waals surface area (Å²) in [7, 11) is 2.93. The van der Waals surface area contributed by atoms with Gasteiger partial charge < -0.3 is 71.1 Å². The Morgan fingerprint density at radius 1 is 0.415 bits per heavy atom. The first-order chi connectivity index (χ1) is 25.2. The van der Waals surface area contributed by atoms with Crippen molar-refractivity contribution in [3.8, 4) is 23.0 Å². The molecule has 0 aliphatic rings. The lowest BCUT2D eigenvalue weighted by Crippen LogP contribution is -2.05. The number of hydrogen-bond acceptors (Lipinski definition) is 4. The van der Waals surface area contributed by atoms with E-state index in [0.29, 0.717) is 53.1 Å². The molecule has 0 unspecified atom stereocenters. The summed E-state index contributed by atoms with van der Waals surface area (Å²) in [5, 5.41) is 21.3. The van der Waals surface area contributed by atoms with Gasteiger partial charge in [0, 0.05) is 0 Å². The molecule has 0 aliphatic carbocycles. The van der Waals surface area contributed by atoms with E-state index in [9.17, 15) is 10.2 Å². The van der Waals surface area contributed by atoms with Gasteiger partial charge in [0.2, 0.25) is 11.5 Å². The van der Waals surface area contributed by atoms with Gasteiger partial charge in [-0.05, 0) is 18.1 Å². The van der Waals surface area contributed by atoms with Crippen LogP contribution in [-0.2, 0) is 6.42 Å². The molecule has 0 amide bonds. The van der Waals surface area contributed by atoms with Crippen LogP contribution in [0, 0.1) is 106 Å². The van der Waals surface area contributed by atoms with Gasteiger partial charge >= 0.3 is 0 Å². The SMILES string of the molecule is COc1c(O)c(C)c(C[CH-][C@H](C)CC[CH-][C@@H](C)CC[CH-][C@@H](C)CC[CH-][C@@H](C)CC[CH-][C@H](C)CC[CH-][C@H](C)CC[CH-][C@H](C)CC[CH-]C(C)C)c(O)c1OC. The van der Waals surface area contributed by atoms with E-state index in [1.54, 1.807) is 6.92 Å². The van der Waals surface area contributed by atoms with E-state index in [2.05, 4.69) is 114 Å². The first-order valence-electron chi connectivity index (χ1n) is 21.5. The first-order valence-corrected chi connectivity index (χ1v) is 21.5. The Balaban J connectivity index is 2.09. The number of aromatic hydroxyl groups is 2. The molecule has 0 radical (unpaired) electrons. The molecule has 0 bridgehead atoms. The summed E-state index contributed by atoms with van der Waals surface area (Å²) in [6.07, 6.45) is 37.6. The maximum Gasteiger partial charge on any atom is 0.207 e. The molecule has 0 spiro atoms. The van der Waals surface area contributed by atoms with Crippen molar-refractivity contribution in [1.82, 2.24) is 0 Å². The van der Waals surface area contributed by atoms with Crippen LogP contribution >= 0.6 is 0 Å². The lowest BCUT2D eigenvalue weighted by atomic mass is 9.88. The van der Waals surface area contributed by atoms with Gasteiger partial charge in [0.05, 0.1) is 14.2 Å². The van der Waals surface area contributed by atoms with Crippen molar-refractivity contribution in [3.63, 3.8) is 0 Å². The van der Waals surface area contributed by atoms with E-state index in [1.165, 1.54) is 91.3 Å². The van der Waals surface area contributed by atoms with Crippen LogP contribution in [0.15, 0.2) is 0 Å². The summed E-state index contributed by atoms with van der Waals surface area (Å²) in [4.78, 5) is 0. The summed E-state index contributed by atoms with van der Waals surface area (Å²) in [5.41, 5.74) is 1.31. The molecule has 2 N–H and O–H groups in total. The van der Waals surface area contributed by atoms with Gasteiger partial charge in [0.1, 0.15) is 0 Å². The molecule has 0 fully saturated rings. The maximum absolute atomic E-state index is 10.7. The summed E-state index contributed by atoms with van der Waals surface area (Å²) in [5.74, 6) is 5.65. The molecular formula is C49H84O4-8. The zero-order valence-corrected chi connectivity index (χ0v) is 36.6. The minimum atomic E-state index is 0.0238. The van der Waals surface area contributed by atoms with E-state index in [1.807, 2.05) is 0 Å². The predicted molar refractivity (Wildman–Crippen MR) is 229 cm³/mol. The molecular weight excluding hydrogens is 653 g/mol. The number of phenolic OH excluding ortho intramolecular Hbond substituents is 2. The van der Waals surface area contributed by atoms with Crippen LogP contribution < -0.4 is 9.47 Å². The van der Waals surface area contributed by atoms with Crippen LogP contribution in [0.25, 0.3) is 0 Å². The molecule has 0 aromatic heterocycles. The molecule has 1 rings (SSSR count). The maximum atomic E-state index is 10.7. The molecule has 0 saturated carbocycles. The van der Waals surface area contributed by atoms with Crippen molar-refractivity contribution < 1.29 is 19.7 Å². The zero-order valence-electron chi connectivity index (χ0n) is 36.6. The van der Waals surface area contributed by atoms with Gasteiger partial charge in [-0.15, -0.1) is 51.4 Å². The van der Waals surface area contributed by atoms with E-state index in [-0.39, 0.29) is 23.0 Å². The molecule has 4 heteroatoms. The highest BCUT2D eigenvalue weighted by molar-refractivity contribution is 5.66.